The fourth-order valence-corrected chi connectivity index (χ4v) is 2.58. The summed E-state index contributed by atoms with van der Waals surface area (Å²) in [5.74, 6) is 2.20. The minimum Gasteiger partial charge on any atom is -0.454 e. The van der Waals surface area contributed by atoms with E-state index in [0.29, 0.717) is 32.5 Å². The van der Waals surface area contributed by atoms with Crippen LogP contribution in [-0.2, 0) is 10.2 Å². The molecule has 2 N–H and O–H groups in total. The first-order valence-corrected chi connectivity index (χ1v) is 7.59. The first-order valence-electron chi connectivity index (χ1n) is 7.59. The topological polar surface area (TPSA) is 69.3 Å². The molecule has 0 bridgehead atoms. The number of ether oxygens (including phenoxy) is 3. The smallest absolute Gasteiger partial charge is 0.231 e. The molecule has 0 aliphatic carbocycles. The maximum atomic E-state index is 6.10. The van der Waals surface area contributed by atoms with Gasteiger partial charge in [-0.3, -0.25) is 4.99 Å². The number of aliphatic imine (C=N–C) groups is 1. The van der Waals surface area contributed by atoms with Gasteiger partial charge in [-0.2, -0.15) is 0 Å². The Bertz CT molecular complexity index is 566. The molecule has 0 aromatic heterocycles. The van der Waals surface area contributed by atoms with E-state index in [9.17, 15) is 0 Å². The van der Waals surface area contributed by atoms with Crippen LogP contribution in [0.5, 0.6) is 11.5 Å². The van der Waals surface area contributed by atoms with E-state index in [1.807, 2.05) is 12.1 Å². The first-order chi connectivity index (χ1) is 10.6. The monoisotopic (exact) mass is 305 g/mol. The van der Waals surface area contributed by atoms with E-state index in [-0.39, 0.29) is 5.41 Å². The molecule has 0 unspecified atom stereocenters. The Morgan fingerprint density at radius 2 is 1.95 bits per heavy atom. The SMILES string of the molecule is CC(C)(CN=C(N)N1CCOCC1)c1ccc2c(c1)OCO2. The van der Waals surface area contributed by atoms with Crippen molar-refractivity contribution in [2.45, 2.75) is 19.3 Å². The van der Waals surface area contributed by atoms with Crippen molar-refractivity contribution in [2.75, 3.05) is 39.6 Å². The van der Waals surface area contributed by atoms with E-state index in [0.717, 1.165) is 30.2 Å². The number of fused-ring (bicyclic) bond motifs is 1. The van der Waals surface area contributed by atoms with E-state index in [2.05, 4.69) is 29.8 Å². The van der Waals surface area contributed by atoms with Gasteiger partial charge in [-0.25, -0.2) is 0 Å². The fourth-order valence-electron chi connectivity index (χ4n) is 2.58. The summed E-state index contributed by atoms with van der Waals surface area (Å²) in [5, 5.41) is 0. The normalized spacial score (nSPS) is 18.6. The average molecular weight is 305 g/mol. The lowest BCUT2D eigenvalue weighted by atomic mass is 9.84. The standard InChI is InChI=1S/C16H23N3O3/c1-16(2,10-18-15(17)19-5-7-20-8-6-19)12-3-4-13-14(9-12)22-11-21-13/h3-4,9H,5-8,10-11H2,1-2H3,(H2,17,18). The number of morpholine rings is 1. The van der Waals surface area contributed by atoms with Crippen LogP contribution in [-0.4, -0.2) is 50.5 Å². The third kappa shape index (κ3) is 3.11. The van der Waals surface area contributed by atoms with Crippen LogP contribution in [0.4, 0.5) is 0 Å². The fraction of sp³-hybridized carbons (Fsp3) is 0.562. The number of nitrogens with two attached hydrogens (primary N) is 1. The summed E-state index contributed by atoms with van der Waals surface area (Å²) >= 11 is 0. The van der Waals surface area contributed by atoms with Crippen molar-refractivity contribution in [3.63, 3.8) is 0 Å². The molecule has 6 nitrogen and oxygen atoms in total. The third-order valence-electron chi connectivity index (χ3n) is 4.13. The lowest BCUT2D eigenvalue weighted by Crippen LogP contribution is -2.45. The largest absolute Gasteiger partial charge is 0.454 e. The summed E-state index contributed by atoms with van der Waals surface area (Å²) in [7, 11) is 0. The molecular formula is C16H23N3O3. The molecule has 0 saturated carbocycles. The summed E-state index contributed by atoms with van der Waals surface area (Å²) in [5.41, 5.74) is 7.13. The van der Waals surface area contributed by atoms with Gasteiger partial charge in [0.2, 0.25) is 6.79 Å². The molecule has 3 rings (SSSR count). The predicted molar refractivity (Wildman–Crippen MR) is 84.5 cm³/mol. The number of benzene rings is 1. The van der Waals surface area contributed by atoms with Crippen LogP contribution in [0.1, 0.15) is 19.4 Å². The average Bonchev–Trinajstić information content (AvgIpc) is 3.01. The Balaban J connectivity index is 1.70. The molecule has 0 amide bonds. The Morgan fingerprint density at radius 1 is 1.23 bits per heavy atom. The van der Waals surface area contributed by atoms with E-state index < -0.39 is 0 Å². The maximum absolute atomic E-state index is 6.10. The molecule has 22 heavy (non-hydrogen) atoms. The molecule has 1 aromatic rings. The van der Waals surface area contributed by atoms with Crippen LogP contribution in [0.25, 0.3) is 0 Å². The number of hydrogen-bond donors (Lipinski definition) is 1. The van der Waals surface area contributed by atoms with Crippen molar-refractivity contribution in [1.29, 1.82) is 0 Å². The van der Waals surface area contributed by atoms with Crippen LogP contribution < -0.4 is 15.2 Å². The van der Waals surface area contributed by atoms with Crippen LogP contribution in [0, 0.1) is 0 Å². The highest BCUT2D eigenvalue weighted by Crippen LogP contribution is 2.36. The van der Waals surface area contributed by atoms with Crippen LogP contribution in [0.2, 0.25) is 0 Å². The molecule has 2 aliphatic rings. The number of rotatable bonds is 3. The third-order valence-corrected chi connectivity index (χ3v) is 4.13. The molecule has 1 aromatic carbocycles. The van der Waals surface area contributed by atoms with Crippen molar-refractivity contribution in [1.82, 2.24) is 4.90 Å². The zero-order valence-electron chi connectivity index (χ0n) is 13.2. The van der Waals surface area contributed by atoms with E-state index in [1.165, 1.54) is 0 Å². The summed E-state index contributed by atoms with van der Waals surface area (Å²) in [6, 6.07) is 6.05. The lowest BCUT2D eigenvalue weighted by molar-refractivity contribution is 0.0674. The Labute approximate surface area is 130 Å². The Kier molecular flexibility index (Phi) is 4.11. The molecule has 6 heteroatoms. The van der Waals surface area contributed by atoms with Crippen LogP contribution in [0.3, 0.4) is 0 Å². The van der Waals surface area contributed by atoms with Crippen molar-refractivity contribution in [2.24, 2.45) is 10.7 Å². The van der Waals surface area contributed by atoms with Gasteiger partial charge in [-0.1, -0.05) is 19.9 Å². The second-order valence-corrected chi connectivity index (χ2v) is 6.23. The summed E-state index contributed by atoms with van der Waals surface area (Å²) in [6.07, 6.45) is 0. The van der Waals surface area contributed by atoms with Crippen LogP contribution >= 0.6 is 0 Å². The zero-order valence-corrected chi connectivity index (χ0v) is 13.2. The molecule has 2 heterocycles. The second-order valence-electron chi connectivity index (χ2n) is 6.23. The number of guanidine groups is 1. The summed E-state index contributed by atoms with van der Waals surface area (Å²) in [6.45, 7) is 8.25. The van der Waals surface area contributed by atoms with E-state index >= 15 is 0 Å². The lowest BCUT2D eigenvalue weighted by Gasteiger charge is -2.29. The van der Waals surface area contributed by atoms with Gasteiger partial charge >= 0.3 is 0 Å². The zero-order chi connectivity index (χ0) is 15.6. The molecule has 0 spiro atoms. The Morgan fingerprint density at radius 3 is 2.73 bits per heavy atom. The van der Waals surface area contributed by atoms with E-state index in [1.54, 1.807) is 0 Å². The molecule has 0 atom stereocenters. The second kappa shape index (κ2) is 6.04. The van der Waals surface area contributed by atoms with Crippen LogP contribution in [0.15, 0.2) is 23.2 Å². The molecule has 2 aliphatic heterocycles. The van der Waals surface area contributed by atoms with Crippen molar-refractivity contribution >= 4 is 5.96 Å². The maximum Gasteiger partial charge on any atom is 0.231 e. The number of nitrogens with zero attached hydrogens (tertiary/aromatic N) is 2. The summed E-state index contributed by atoms with van der Waals surface area (Å²) in [4.78, 5) is 6.65. The molecule has 0 radical (unpaired) electrons. The molecule has 1 saturated heterocycles. The first kappa shape index (κ1) is 15.0. The van der Waals surface area contributed by atoms with Gasteiger partial charge in [-0.15, -0.1) is 0 Å². The minimum atomic E-state index is -0.127. The highest BCUT2D eigenvalue weighted by Gasteiger charge is 2.24. The van der Waals surface area contributed by atoms with Gasteiger partial charge in [-0.05, 0) is 17.7 Å². The van der Waals surface area contributed by atoms with Crippen molar-refractivity contribution < 1.29 is 14.2 Å². The van der Waals surface area contributed by atoms with Gasteiger partial charge in [0.15, 0.2) is 17.5 Å². The van der Waals surface area contributed by atoms with E-state index in [4.69, 9.17) is 19.9 Å². The quantitative estimate of drug-likeness (QED) is 0.674. The highest BCUT2D eigenvalue weighted by molar-refractivity contribution is 5.78. The van der Waals surface area contributed by atoms with Gasteiger partial charge in [0.25, 0.3) is 0 Å². The molecule has 120 valence electrons. The van der Waals surface area contributed by atoms with Crippen molar-refractivity contribution in [3.05, 3.63) is 23.8 Å². The highest BCUT2D eigenvalue weighted by atomic mass is 16.7. The van der Waals surface area contributed by atoms with Gasteiger partial charge in [0.05, 0.1) is 19.8 Å². The van der Waals surface area contributed by atoms with Gasteiger partial charge in [0, 0.05) is 18.5 Å². The summed E-state index contributed by atoms with van der Waals surface area (Å²) < 4.78 is 16.1. The van der Waals surface area contributed by atoms with Crippen molar-refractivity contribution in [3.8, 4) is 11.5 Å². The predicted octanol–water partition coefficient (Wildman–Crippen LogP) is 1.34. The molecular weight excluding hydrogens is 282 g/mol. The minimum absolute atomic E-state index is 0.127. The van der Waals surface area contributed by atoms with Gasteiger partial charge < -0.3 is 24.8 Å². The molecule has 1 fully saturated rings. The number of hydrogen-bond acceptors (Lipinski definition) is 4. The van der Waals surface area contributed by atoms with Gasteiger partial charge in [0.1, 0.15) is 0 Å². The Hall–Kier alpha value is -1.95.